The fourth-order valence-electron chi connectivity index (χ4n) is 4.09. The molecule has 4 rings (SSSR count). The molecule has 34 heavy (non-hydrogen) atoms. The largest absolute Gasteiger partial charge is 0.355 e. The fourth-order valence-corrected chi connectivity index (χ4v) is 6.22. The van der Waals surface area contributed by atoms with Crippen LogP contribution in [-0.2, 0) is 24.2 Å². The normalized spacial score (nSPS) is 13.2. The summed E-state index contributed by atoms with van der Waals surface area (Å²) in [5, 5.41) is 6.81. The Bertz CT molecular complexity index is 1260. The van der Waals surface area contributed by atoms with Crippen LogP contribution >= 0.6 is 23.1 Å². The van der Waals surface area contributed by atoms with Gasteiger partial charge in [0.05, 0.1) is 11.1 Å². The van der Waals surface area contributed by atoms with E-state index in [9.17, 15) is 14.4 Å². The number of nitrogens with zero attached hydrogens (tertiary/aromatic N) is 2. The Kier molecular flexibility index (Phi) is 7.73. The van der Waals surface area contributed by atoms with E-state index in [1.165, 1.54) is 22.2 Å². The summed E-state index contributed by atoms with van der Waals surface area (Å²) >= 11 is 2.93. The second-order valence-corrected chi connectivity index (χ2v) is 10.9. The number of thiophene rings is 1. The van der Waals surface area contributed by atoms with Gasteiger partial charge in [0.2, 0.25) is 5.91 Å². The molecule has 2 amide bonds. The Balaban J connectivity index is 1.54. The molecule has 0 unspecified atom stereocenters. The van der Waals surface area contributed by atoms with Crippen molar-refractivity contribution in [3.05, 3.63) is 50.6 Å². The molecular weight excluding hydrogens is 468 g/mol. The van der Waals surface area contributed by atoms with Crippen LogP contribution in [-0.4, -0.2) is 34.2 Å². The first-order valence-corrected chi connectivity index (χ1v) is 13.5. The van der Waals surface area contributed by atoms with Gasteiger partial charge in [0.15, 0.2) is 5.16 Å². The number of amides is 2. The average Bonchev–Trinajstić information content (AvgIpc) is 3.20. The van der Waals surface area contributed by atoms with Crippen LogP contribution in [0.1, 0.15) is 53.9 Å². The van der Waals surface area contributed by atoms with Crippen LogP contribution < -0.4 is 16.2 Å². The van der Waals surface area contributed by atoms with Crippen molar-refractivity contribution >= 4 is 50.8 Å². The molecule has 0 fully saturated rings. The Hall–Kier alpha value is -2.65. The van der Waals surface area contributed by atoms with Crippen molar-refractivity contribution in [1.29, 1.82) is 0 Å². The fraction of sp³-hybridized carbons (Fsp3) is 0.440. The molecule has 0 atom stereocenters. The number of benzene rings is 1. The highest BCUT2D eigenvalue weighted by molar-refractivity contribution is 7.99. The molecule has 1 aliphatic rings. The highest BCUT2D eigenvalue weighted by Crippen LogP contribution is 2.34. The van der Waals surface area contributed by atoms with Crippen molar-refractivity contribution in [2.24, 2.45) is 5.92 Å². The van der Waals surface area contributed by atoms with E-state index in [2.05, 4.69) is 24.5 Å². The monoisotopic (exact) mass is 498 g/mol. The quantitative estimate of drug-likeness (QED) is 0.353. The van der Waals surface area contributed by atoms with E-state index in [-0.39, 0.29) is 23.1 Å². The number of carbonyl (C=O) groups excluding carboxylic acids is 2. The second-order valence-electron chi connectivity index (χ2n) is 8.92. The highest BCUT2D eigenvalue weighted by atomic mass is 32.2. The third kappa shape index (κ3) is 5.36. The van der Waals surface area contributed by atoms with Gasteiger partial charge in [0.1, 0.15) is 4.83 Å². The van der Waals surface area contributed by atoms with Crippen LogP contribution in [0.2, 0.25) is 0 Å². The molecule has 2 N–H and O–H groups in total. The predicted molar refractivity (Wildman–Crippen MR) is 139 cm³/mol. The zero-order valence-corrected chi connectivity index (χ0v) is 21.4. The molecule has 180 valence electrons. The van der Waals surface area contributed by atoms with Gasteiger partial charge in [0, 0.05) is 29.7 Å². The zero-order chi connectivity index (χ0) is 24.2. The maximum Gasteiger partial charge on any atom is 0.263 e. The maximum atomic E-state index is 13.5. The first-order chi connectivity index (χ1) is 16.4. The van der Waals surface area contributed by atoms with E-state index in [1.807, 2.05) is 0 Å². The van der Waals surface area contributed by atoms with Gasteiger partial charge in [-0.25, -0.2) is 4.98 Å². The summed E-state index contributed by atoms with van der Waals surface area (Å²) in [5.74, 6) is 0.234. The smallest absolute Gasteiger partial charge is 0.263 e. The number of aryl methyl sites for hydroxylation is 2. The Labute approximate surface area is 207 Å². The molecule has 0 aliphatic heterocycles. The number of nitrogens with one attached hydrogen (secondary N) is 2. The summed E-state index contributed by atoms with van der Waals surface area (Å²) in [6.07, 6.45) is 5.12. The van der Waals surface area contributed by atoms with Crippen molar-refractivity contribution in [2.45, 2.75) is 57.7 Å². The topological polar surface area (TPSA) is 93.1 Å². The van der Waals surface area contributed by atoms with E-state index in [0.717, 1.165) is 42.3 Å². The van der Waals surface area contributed by atoms with Crippen LogP contribution in [0.25, 0.3) is 10.2 Å². The molecule has 2 aromatic heterocycles. The number of hydrogen-bond donors (Lipinski definition) is 2. The van der Waals surface area contributed by atoms with E-state index >= 15 is 0 Å². The molecule has 9 heteroatoms. The maximum absolute atomic E-state index is 13.5. The van der Waals surface area contributed by atoms with Crippen LogP contribution in [0, 0.1) is 5.92 Å². The third-order valence-electron chi connectivity index (χ3n) is 5.96. The third-order valence-corrected chi connectivity index (χ3v) is 8.12. The molecule has 0 spiro atoms. The minimum Gasteiger partial charge on any atom is -0.355 e. The van der Waals surface area contributed by atoms with Crippen LogP contribution in [0.4, 0.5) is 5.69 Å². The van der Waals surface area contributed by atoms with Crippen LogP contribution in [0.15, 0.2) is 34.2 Å². The molecule has 3 aromatic rings. The summed E-state index contributed by atoms with van der Waals surface area (Å²) in [4.78, 5) is 44.8. The van der Waals surface area contributed by atoms with Crippen molar-refractivity contribution in [2.75, 3.05) is 18.1 Å². The lowest BCUT2D eigenvalue weighted by atomic mass is 9.97. The first kappa shape index (κ1) is 24.5. The predicted octanol–water partition coefficient (Wildman–Crippen LogP) is 4.47. The summed E-state index contributed by atoms with van der Waals surface area (Å²) in [6.45, 7) is 4.87. The number of aromatic nitrogens is 2. The van der Waals surface area contributed by atoms with Gasteiger partial charge in [0.25, 0.3) is 11.5 Å². The molecule has 0 radical (unpaired) electrons. The van der Waals surface area contributed by atoms with Crippen LogP contribution in [0.5, 0.6) is 0 Å². The summed E-state index contributed by atoms with van der Waals surface area (Å²) in [6, 6.07) is 6.73. The molecule has 2 heterocycles. The summed E-state index contributed by atoms with van der Waals surface area (Å²) < 4.78 is 1.76. The van der Waals surface area contributed by atoms with Gasteiger partial charge in [-0.15, -0.1) is 11.3 Å². The summed E-state index contributed by atoms with van der Waals surface area (Å²) in [7, 11) is 1.58. The number of anilines is 1. The Morgan fingerprint density at radius 3 is 2.62 bits per heavy atom. The molecule has 0 saturated carbocycles. The van der Waals surface area contributed by atoms with E-state index < -0.39 is 0 Å². The van der Waals surface area contributed by atoms with Crippen molar-refractivity contribution in [3.8, 4) is 0 Å². The zero-order valence-electron chi connectivity index (χ0n) is 19.8. The second kappa shape index (κ2) is 10.7. The summed E-state index contributed by atoms with van der Waals surface area (Å²) in [5.41, 5.74) is 2.36. The first-order valence-electron chi connectivity index (χ1n) is 11.7. The Morgan fingerprint density at radius 2 is 1.91 bits per heavy atom. The average molecular weight is 499 g/mol. The van der Waals surface area contributed by atoms with E-state index in [4.69, 9.17) is 4.98 Å². The molecule has 0 bridgehead atoms. The number of rotatable bonds is 8. The lowest BCUT2D eigenvalue weighted by molar-refractivity contribution is -0.113. The van der Waals surface area contributed by atoms with Crippen molar-refractivity contribution in [3.63, 3.8) is 0 Å². The number of thioether (sulfide) groups is 1. The van der Waals surface area contributed by atoms with E-state index in [0.29, 0.717) is 28.9 Å². The highest BCUT2D eigenvalue weighted by Gasteiger charge is 2.22. The van der Waals surface area contributed by atoms with Gasteiger partial charge in [-0.3, -0.25) is 19.0 Å². The Morgan fingerprint density at radius 1 is 1.18 bits per heavy atom. The van der Waals surface area contributed by atoms with E-state index in [1.54, 1.807) is 47.2 Å². The minimum atomic E-state index is -0.187. The van der Waals surface area contributed by atoms with Gasteiger partial charge < -0.3 is 10.6 Å². The van der Waals surface area contributed by atoms with Crippen LogP contribution in [0.3, 0.4) is 0 Å². The number of fused-ring (bicyclic) bond motifs is 3. The van der Waals surface area contributed by atoms with Gasteiger partial charge >= 0.3 is 0 Å². The van der Waals surface area contributed by atoms with Crippen molar-refractivity contribution in [1.82, 2.24) is 14.9 Å². The lowest BCUT2D eigenvalue weighted by Gasteiger charge is -2.14. The molecule has 1 aromatic carbocycles. The van der Waals surface area contributed by atoms with Crippen molar-refractivity contribution < 1.29 is 9.59 Å². The number of hydrogen-bond acceptors (Lipinski definition) is 6. The van der Waals surface area contributed by atoms with Gasteiger partial charge in [-0.1, -0.05) is 25.6 Å². The molecule has 7 nitrogen and oxygen atoms in total. The van der Waals surface area contributed by atoms with Gasteiger partial charge in [-0.05, 0) is 67.9 Å². The minimum absolute atomic E-state index is 0.0257. The SMILES string of the molecule is CNC(=O)c1ccc(NC(=O)CSc2nc3sc4c(c3c(=O)n2CCC(C)C)CCCC4)cc1. The van der Waals surface area contributed by atoms with Gasteiger partial charge in [-0.2, -0.15) is 0 Å². The number of carbonyl (C=O) groups is 2. The lowest BCUT2D eigenvalue weighted by Crippen LogP contribution is -2.25. The standard InChI is InChI=1S/C25H30N4O3S2/c1-15(2)12-13-29-24(32)21-18-6-4-5-7-19(18)34-23(21)28-25(29)33-14-20(30)27-17-10-8-16(9-11-17)22(31)26-3/h8-11,15H,4-7,12-14H2,1-3H3,(H,26,31)(H,27,30). The molecule has 1 aliphatic carbocycles. The molecular formula is C25H30N4O3S2. The molecule has 0 saturated heterocycles.